The molecule has 0 saturated carbocycles. The maximum atomic E-state index is 11.0. The lowest BCUT2D eigenvalue weighted by Gasteiger charge is -2.26. The molecule has 0 amide bonds. The standard InChI is InChI=1S/C12H21N5O2/c13-5-4-10-11(12(18)19)14-15-17(10)9-8-16-6-2-1-3-7-16/h1-9,13H2,(H,18,19). The highest BCUT2D eigenvalue weighted by Crippen LogP contribution is 2.10. The normalized spacial score (nSPS) is 16.7. The Labute approximate surface area is 112 Å². The minimum atomic E-state index is -1.03. The van der Waals surface area contributed by atoms with E-state index in [1.54, 1.807) is 4.68 Å². The van der Waals surface area contributed by atoms with Crippen LogP contribution in [-0.4, -0.2) is 57.1 Å². The molecule has 0 aliphatic carbocycles. The third-order valence-corrected chi connectivity index (χ3v) is 3.50. The third-order valence-electron chi connectivity index (χ3n) is 3.50. The van der Waals surface area contributed by atoms with Crippen LogP contribution in [0.5, 0.6) is 0 Å². The van der Waals surface area contributed by atoms with E-state index in [0.717, 1.165) is 19.6 Å². The second-order valence-corrected chi connectivity index (χ2v) is 4.85. The van der Waals surface area contributed by atoms with E-state index in [-0.39, 0.29) is 5.69 Å². The molecule has 19 heavy (non-hydrogen) atoms. The topological polar surface area (TPSA) is 97.3 Å². The van der Waals surface area contributed by atoms with Gasteiger partial charge in [0.1, 0.15) is 0 Å². The number of nitrogens with zero attached hydrogens (tertiary/aromatic N) is 4. The van der Waals surface area contributed by atoms with E-state index in [2.05, 4.69) is 15.2 Å². The summed E-state index contributed by atoms with van der Waals surface area (Å²) in [6.07, 6.45) is 4.29. The van der Waals surface area contributed by atoms with Crippen molar-refractivity contribution in [3.63, 3.8) is 0 Å². The molecule has 3 N–H and O–H groups in total. The van der Waals surface area contributed by atoms with E-state index < -0.39 is 5.97 Å². The number of carboxylic acid groups (broad SMARTS) is 1. The average molecular weight is 267 g/mol. The summed E-state index contributed by atoms with van der Waals surface area (Å²) < 4.78 is 1.69. The number of rotatable bonds is 6. The average Bonchev–Trinajstić information content (AvgIpc) is 2.81. The van der Waals surface area contributed by atoms with E-state index in [9.17, 15) is 4.79 Å². The molecule has 0 spiro atoms. The second kappa shape index (κ2) is 6.63. The Hall–Kier alpha value is -1.47. The van der Waals surface area contributed by atoms with Gasteiger partial charge in [0.25, 0.3) is 0 Å². The van der Waals surface area contributed by atoms with Crippen LogP contribution in [0.25, 0.3) is 0 Å². The smallest absolute Gasteiger partial charge is 0.358 e. The van der Waals surface area contributed by atoms with Crippen LogP contribution >= 0.6 is 0 Å². The van der Waals surface area contributed by atoms with Crippen LogP contribution in [0.3, 0.4) is 0 Å². The van der Waals surface area contributed by atoms with E-state index in [1.807, 2.05) is 0 Å². The molecule has 1 aliphatic heterocycles. The summed E-state index contributed by atoms with van der Waals surface area (Å²) in [4.78, 5) is 13.4. The Bertz CT molecular complexity index is 426. The molecule has 1 aromatic heterocycles. The van der Waals surface area contributed by atoms with E-state index in [1.165, 1.54) is 19.3 Å². The molecule has 2 rings (SSSR count). The predicted molar refractivity (Wildman–Crippen MR) is 70.0 cm³/mol. The van der Waals surface area contributed by atoms with Crippen LogP contribution in [-0.2, 0) is 13.0 Å². The highest BCUT2D eigenvalue weighted by Gasteiger charge is 2.19. The molecule has 2 heterocycles. The Kier molecular flexibility index (Phi) is 4.86. The van der Waals surface area contributed by atoms with Gasteiger partial charge in [0.2, 0.25) is 0 Å². The molecule has 0 radical (unpaired) electrons. The zero-order chi connectivity index (χ0) is 13.7. The molecular weight excluding hydrogens is 246 g/mol. The number of hydrogen-bond donors (Lipinski definition) is 2. The molecular formula is C12H21N5O2. The summed E-state index contributed by atoms with van der Waals surface area (Å²) in [7, 11) is 0. The molecule has 106 valence electrons. The predicted octanol–water partition coefficient (Wildman–Crippen LogP) is -0.0366. The monoisotopic (exact) mass is 267 g/mol. The minimum absolute atomic E-state index is 0.0316. The zero-order valence-electron chi connectivity index (χ0n) is 11.1. The lowest BCUT2D eigenvalue weighted by Crippen LogP contribution is -2.33. The second-order valence-electron chi connectivity index (χ2n) is 4.85. The Morgan fingerprint density at radius 1 is 1.26 bits per heavy atom. The molecule has 1 aromatic rings. The van der Waals surface area contributed by atoms with Crippen LogP contribution < -0.4 is 5.73 Å². The van der Waals surface area contributed by atoms with Gasteiger partial charge < -0.3 is 15.7 Å². The van der Waals surface area contributed by atoms with E-state index >= 15 is 0 Å². The van der Waals surface area contributed by atoms with Crippen LogP contribution in [0, 0.1) is 0 Å². The summed E-state index contributed by atoms with van der Waals surface area (Å²) in [5.74, 6) is -1.03. The maximum absolute atomic E-state index is 11.0. The summed E-state index contributed by atoms with van der Waals surface area (Å²) >= 11 is 0. The number of piperidine rings is 1. The lowest BCUT2D eigenvalue weighted by molar-refractivity contribution is 0.0689. The first-order valence-corrected chi connectivity index (χ1v) is 6.80. The van der Waals surface area contributed by atoms with Crippen molar-refractivity contribution in [1.82, 2.24) is 19.9 Å². The molecule has 0 atom stereocenters. The molecule has 7 heteroatoms. The highest BCUT2D eigenvalue weighted by atomic mass is 16.4. The Morgan fingerprint density at radius 3 is 2.63 bits per heavy atom. The maximum Gasteiger partial charge on any atom is 0.358 e. The fourth-order valence-corrected chi connectivity index (χ4v) is 2.48. The number of likely N-dealkylation sites (tertiary alicyclic amines) is 1. The summed E-state index contributed by atoms with van der Waals surface area (Å²) in [5, 5.41) is 16.7. The fourth-order valence-electron chi connectivity index (χ4n) is 2.48. The third kappa shape index (κ3) is 3.51. The van der Waals surface area contributed by atoms with E-state index in [0.29, 0.717) is 25.2 Å². The molecule has 0 unspecified atom stereocenters. The number of aromatic nitrogens is 3. The quantitative estimate of drug-likeness (QED) is 0.751. The molecule has 1 aliphatic rings. The molecule has 7 nitrogen and oxygen atoms in total. The molecule has 1 saturated heterocycles. The van der Waals surface area contributed by atoms with Gasteiger partial charge in [0.05, 0.1) is 12.2 Å². The first-order valence-electron chi connectivity index (χ1n) is 6.80. The van der Waals surface area contributed by atoms with Crippen LogP contribution in [0.4, 0.5) is 0 Å². The summed E-state index contributed by atoms with van der Waals surface area (Å²) in [6, 6.07) is 0. The highest BCUT2D eigenvalue weighted by molar-refractivity contribution is 5.86. The number of carboxylic acids is 1. The Morgan fingerprint density at radius 2 is 2.00 bits per heavy atom. The van der Waals surface area contributed by atoms with Crippen molar-refractivity contribution in [1.29, 1.82) is 0 Å². The van der Waals surface area contributed by atoms with Crippen LogP contribution in [0.2, 0.25) is 0 Å². The van der Waals surface area contributed by atoms with Crippen molar-refractivity contribution >= 4 is 5.97 Å². The van der Waals surface area contributed by atoms with Crippen molar-refractivity contribution in [3.8, 4) is 0 Å². The van der Waals surface area contributed by atoms with Crippen molar-refractivity contribution in [2.45, 2.75) is 32.2 Å². The summed E-state index contributed by atoms with van der Waals surface area (Å²) in [6.45, 7) is 4.20. The molecule has 1 fully saturated rings. The van der Waals surface area contributed by atoms with Gasteiger partial charge in [-0.25, -0.2) is 9.48 Å². The molecule has 0 aromatic carbocycles. The first-order chi connectivity index (χ1) is 9.22. The fraction of sp³-hybridized carbons (Fsp3) is 0.750. The van der Waals surface area contributed by atoms with Crippen LogP contribution in [0.1, 0.15) is 35.4 Å². The molecule has 0 bridgehead atoms. The number of aromatic carboxylic acids is 1. The van der Waals surface area contributed by atoms with Crippen LogP contribution in [0.15, 0.2) is 0 Å². The SMILES string of the molecule is NCCc1c(C(=O)O)nnn1CCN1CCCCC1. The van der Waals surface area contributed by atoms with Crippen molar-refractivity contribution < 1.29 is 9.90 Å². The lowest BCUT2D eigenvalue weighted by atomic mass is 10.1. The van der Waals surface area contributed by atoms with Crippen molar-refractivity contribution in [3.05, 3.63) is 11.4 Å². The van der Waals surface area contributed by atoms with Gasteiger partial charge in [-0.15, -0.1) is 5.10 Å². The minimum Gasteiger partial charge on any atom is -0.476 e. The van der Waals surface area contributed by atoms with Gasteiger partial charge in [0, 0.05) is 13.0 Å². The number of hydrogen-bond acceptors (Lipinski definition) is 5. The van der Waals surface area contributed by atoms with Gasteiger partial charge in [0.15, 0.2) is 5.69 Å². The first kappa shape index (κ1) is 14.0. The van der Waals surface area contributed by atoms with Gasteiger partial charge >= 0.3 is 5.97 Å². The number of nitrogens with two attached hydrogens (primary N) is 1. The van der Waals surface area contributed by atoms with Gasteiger partial charge in [-0.2, -0.15) is 0 Å². The zero-order valence-corrected chi connectivity index (χ0v) is 11.1. The van der Waals surface area contributed by atoms with Gasteiger partial charge in [-0.05, 0) is 32.5 Å². The van der Waals surface area contributed by atoms with Gasteiger partial charge in [-0.1, -0.05) is 11.6 Å². The van der Waals surface area contributed by atoms with E-state index in [4.69, 9.17) is 10.8 Å². The summed E-state index contributed by atoms with van der Waals surface area (Å²) in [5.41, 5.74) is 6.19. The van der Waals surface area contributed by atoms with Gasteiger partial charge in [-0.3, -0.25) is 0 Å². The largest absolute Gasteiger partial charge is 0.476 e. The van der Waals surface area contributed by atoms with Crippen molar-refractivity contribution in [2.24, 2.45) is 5.73 Å². The van der Waals surface area contributed by atoms with Crippen molar-refractivity contribution in [2.75, 3.05) is 26.2 Å². The number of carbonyl (C=O) groups is 1. The Balaban J connectivity index is 2.00.